The molecular weight excluding hydrogens is 308 g/mol. The summed E-state index contributed by atoms with van der Waals surface area (Å²) in [6.45, 7) is 3.16. The molecule has 0 bridgehead atoms. The average Bonchev–Trinajstić information content (AvgIpc) is 3.10. The maximum absolute atomic E-state index is 11.5. The second-order valence-electron chi connectivity index (χ2n) is 6.12. The number of carbonyl (C=O) groups is 1. The van der Waals surface area contributed by atoms with Gasteiger partial charge >= 0.3 is 0 Å². The Balaban J connectivity index is 2.00. The van der Waals surface area contributed by atoms with Crippen molar-refractivity contribution in [3.05, 3.63) is 72.4 Å². The Kier molecular flexibility index (Phi) is 5.68. The molecule has 2 aromatic carbocycles. The van der Waals surface area contributed by atoms with Crippen molar-refractivity contribution in [1.82, 2.24) is 4.57 Å². The fourth-order valence-corrected chi connectivity index (χ4v) is 3.08. The van der Waals surface area contributed by atoms with E-state index in [4.69, 9.17) is 0 Å². The van der Waals surface area contributed by atoms with Crippen LogP contribution in [0.25, 0.3) is 16.9 Å². The third-order valence-electron chi connectivity index (χ3n) is 4.35. The van der Waals surface area contributed by atoms with E-state index in [9.17, 15) is 4.79 Å². The minimum absolute atomic E-state index is 0.701. The van der Waals surface area contributed by atoms with Crippen molar-refractivity contribution in [2.45, 2.75) is 26.2 Å². The van der Waals surface area contributed by atoms with E-state index in [-0.39, 0.29) is 0 Å². The predicted octanol–water partition coefficient (Wildman–Crippen LogP) is 5.56. The van der Waals surface area contributed by atoms with E-state index >= 15 is 0 Å². The molecule has 0 aliphatic heterocycles. The summed E-state index contributed by atoms with van der Waals surface area (Å²) in [6.07, 6.45) is 6.49. The highest BCUT2D eigenvalue weighted by Gasteiger charge is 2.14. The van der Waals surface area contributed by atoms with Gasteiger partial charge in [-0.25, -0.2) is 0 Å². The summed E-state index contributed by atoms with van der Waals surface area (Å²) in [5.41, 5.74) is 4.82. The van der Waals surface area contributed by atoms with Crippen LogP contribution in [0.5, 0.6) is 0 Å². The fourth-order valence-electron chi connectivity index (χ4n) is 3.08. The molecule has 0 saturated carbocycles. The molecule has 0 amide bonds. The van der Waals surface area contributed by atoms with Gasteiger partial charge in [-0.3, -0.25) is 4.79 Å². The van der Waals surface area contributed by atoms with E-state index in [0.717, 1.165) is 41.9 Å². The Hall–Kier alpha value is -2.81. The van der Waals surface area contributed by atoms with Crippen LogP contribution < -0.4 is 5.32 Å². The van der Waals surface area contributed by atoms with Crippen LogP contribution in [-0.2, 0) is 0 Å². The number of unbranched alkanes of at least 4 members (excludes halogenated alkanes) is 2. The first-order valence-corrected chi connectivity index (χ1v) is 8.90. The molecule has 0 fully saturated rings. The topological polar surface area (TPSA) is 34.0 Å². The molecule has 0 saturated heterocycles. The minimum atomic E-state index is 0.701. The fraction of sp³-hybridized carbons (Fsp3) is 0.227. The molecule has 1 aromatic heterocycles. The number of carbonyl (C=O) groups excluding carboxylic acids is 1. The lowest BCUT2D eigenvalue weighted by Gasteiger charge is -2.16. The van der Waals surface area contributed by atoms with Gasteiger partial charge in [0.2, 0.25) is 0 Å². The van der Waals surface area contributed by atoms with Crippen LogP contribution in [0.3, 0.4) is 0 Å². The summed E-state index contributed by atoms with van der Waals surface area (Å²) >= 11 is 0. The maximum atomic E-state index is 11.5. The largest absolute Gasteiger partial charge is 0.383 e. The summed E-state index contributed by atoms with van der Waals surface area (Å²) in [7, 11) is 0. The Labute approximate surface area is 149 Å². The number of aldehydes is 1. The molecule has 0 aliphatic rings. The van der Waals surface area contributed by atoms with E-state index in [1.165, 1.54) is 12.8 Å². The summed E-state index contributed by atoms with van der Waals surface area (Å²) in [4.78, 5) is 11.5. The van der Waals surface area contributed by atoms with Crippen LogP contribution >= 0.6 is 0 Å². The molecule has 0 radical (unpaired) electrons. The number of aromatic nitrogens is 1. The predicted molar refractivity (Wildman–Crippen MR) is 105 cm³/mol. The molecule has 3 aromatic rings. The quantitative estimate of drug-likeness (QED) is 0.433. The zero-order valence-corrected chi connectivity index (χ0v) is 14.6. The molecule has 3 heteroatoms. The van der Waals surface area contributed by atoms with Crippen LogP contribution in [0.2, 0.25) is 0 Å². The van der Waals surface area contributed by atoms with Crippen LogP contribution in [0, 0.1) is 0 Å². The van der Waals surface area contributed by atoms with Gasteiger partial charge in [-0.05, 0) is 30.2 Å². The first kappa shape index (κ1) is 17.0. The number of nitrogens with zero attached hydrogens (tertiary/aromatic N) is 1. The van der Waals surface area contributed by atoms with Gasteiger partial charge in [-0.15, -0.1) is 0 Å². The first-order valence-electron chi connectivity index (χ1n) is 8.90. The number of para-hydroxylation sites is 2. The van der Waals surface area contributed by atoms with E-state index in [2.05, 4.69) is 28.9 Å². The Morgan fingerprint density at radius 1 is 0.960 bits per heavy atom. The van der Waals surface area contributed by atoms with E-state index in [0.29, 0.717) is 5.56 Å². The summed E-state index contributed by atoms with van der Waals surface area (Å²) < 4.78 is 2.10. The second-order valence-corrected chi connectivity index (χ2v) is 6.12. The smallest absolute Gasteiger partial charge is 0.152 e. The third-order valence-corrected chi connectivity index (χ3v) is 4.35. The van der Waals surface area contributed by atoms with Gasteiger partial charge in [0.05, 0.1) is 17.1 Å². The van der Waals surface area contributed by atoms with Crippen molar-refractivity contribution in [2.24, 2.45) is 0 Å². The molecule has 3 nitrogen and oxygen atoms in total. The van der Waals surface area contributed by atoms with Crippen molar-refractivity contribution >= 4 is 12.0 Å². The van der Waals surface area contributed by atoms with Crippen molar-refractivity contribution < 1.29 is 4.79 Å². The van der Waals surface area contributed by atoms with Crippen molar-refractivity contribution in [2.75, 3.05) is 11.9 Å². The number of nitrogens with one attached hydrogen (secondary N) is 1. The third kappa shape index (κ3) is 3.82. The van der Waals surface area contributed by atoms with Crippen molar-refractivity contribution in [3.8, 4) is 16.9 Å². The number of benzene rings is 2. The second kappa shape index (κ2) is 8.34. The molecule has 128 valence electrons. The maximum Gasteiger partial charge on any atom is 0.152 e. The van der Waals surface area contributed by atoms with Gasteiger partial charge < -0.3 is 9.88 Å². The highest BCUT2D eigenvalue weighted by Crippen LogP contribution is 2.30. The van der Waals surface area contributed by atoms with Gasteiger partial charge in [0.1, 0.15) is 0 Å². The minimum Gasteiger partial charge on any atom is -0.383 e. The van der Waals surface area contributed by atoms with Crippen LogP contribution in [0.1, 0.15) is 36.5 Å². The molecule has 0 spiro atoms. The van der Waals surface area contributed by atoms with Gasteiger partial charge in [-0.1, -0.05) is 62.2 Å². The highest BCUT2D eigenvalue weighted by molar-refractivity contribution is 5.87. The van der Waals surface area contributed by atoms with Gasteiger partial charge in [0.15, 0.2) is 6.29 Å². The number of rotatable bonds is 8. The normalized spacial score (nSPS) is 10.6. The van der Waals surface area contributed by atoms with E-state index < -0.39 is 0 Å². The molecule has 0 atom stereocenters. The van der Waals surface area contributed by atoms with Crippen molar-refractivity contribution in [1.29, 1.82) is 0 Å². The number of hydrogen-bond acceptors (Lipinski definition) is 2. The summed E-state index contributed by atoms with van der Waals surface area (Å²) in [6, 6.07) is 20.2. The number of anilines is 1. The molecule has 0 unspecified atom stereocenters. The lowest BCUT2D eigenvalue weighted by Crippen LogP contribution is -2.06. The lowest BCUT2D eigenvalue weighted by atomic mass is 10.1. The van der Waals surface area contributed by atoms with Gasteiger partial charge in [0, 0.05) is 18.3 Å². The molecule has 3 rings (SSSR count). The standard InChI is InChI=1S/C22H24N2O/c1-2-3-9-15-23-20-12-7-8-13-21(20)24-16-14-19(17-25)22(24)18-10-5-4-6-11-18/h4-8,10-14,16-17,23H,2-3,9,15H2,1H3. The van der Waals surface area contributed by atoms with Gasteiger partial charge in [-0.2, -0.15) is 0 Å². The molecule has 1 heterocycles. The Morgan fingerprint density at radius 3 is 2.48 bits per heavy atom. The van der Waals surface area contributed by atoms with Gasteiger partial charge in [0.25, 0.3) is 0 Å². The Bertz CT molecular complexity index is 821. The zero-order chi connectivity index (χ0) is 17.5. The summed E-state index contributed by atoms with van der Waals surface area (Å²) in [5.74, 6) is 0. The van der Waals surface area contributed by atoms with Crippen molar-refractivity contribution in [3.63, 3.8) is 0 Å². The molecular formula is C22H24N2O. The monoisotopic (exact) mass is 332 g/mol. The zero-order valence-electron chi connectivity index (χ0n) is 14.6. The number of hydrogen-bond donors (Lipinski definition) is 1. The first-order chi connectivity index (χ1) is 12.3. The lowest BCUT2D eigenvalue weighted by molar-refractivity contribution is 0.112. The van der Waals surface area contributed by atoms with E-state index in [1.54, 1.807) is 0 Å². The Morgan fingerprint density at radius 2 is 1.72 bits per heavy atom. The molecule has 1 N–H and O–H groups in total. The average molecular weight is 332 g/mol. The SMILES string of the molecule is CCCCCNc1ccccc1-n1ccc(C=O)c1-c1ccccc1. The summed E-state index contributed by atoms with van der Waals surface area (Å²) in [5, 5.41) is 3.54. The highest BCUT2D eigenvalue weighted by atomic mass is 16.1. The molecule has 0 aliphatic carbocycles. The van der Waals surface area contributed by atoms with Crippen LogP contribution in [0.4, 0.5) is 5.69 Å². The van der Waals surface area contributed by atoms with Crippen LogP contribution in [0.15, 0.2) is 66.9 Å². The molecule has 25 heavy (non-hydrogen) atoms. The van der Waals surface area contributed by atoms with Crippen LogP contribution in [-0.4, -0.2) is 17.4 Å². The van der Waals surface area contributed by atoms with E-state index in [1.807, 2.05) is 54.7 Å².